The highest BCUT2D eigenvalue weighted by atomic mass is 35.5. The molecule has 0 aliphatic carbocycles. The van der Waals surface area contributed by atoms with Crippen LogP contribution >= 0.6 is 11.6 Å². The molecule has 1 aliphatic heterocycles. The van der Waals surface area contributed by atoms with Crippen LogP contribution in [-0.4, -0.2) is 48.3 Å². The molecule has 1 fully saturated rings. The molecule has 1 aliphatic rings. The van der Waals surface area contributed by atoms with Crippen LogP contribution in [0.15, 0.2) is 18.3 Å². The highest BCUT2D eigenvalue weighted by Crippen LogP contribution is 2.16. The van der Waals surface area contributed by atoms with Gasteiger partial charge in [-0.2, -0.15) is 0 Å². The summed E-state index contributed by atoms with van der Waals surface area (Å²) in [6.07, 6.45) is 1.72. The SMILES string of the molecule is CC(Nc1ccnc(Cl)c1)C(C)N1CCOCC1. The monoisotopic (exact) mass is 269 g/mol. The number of nitrogens with one attached hydrogen (secondary N) is 1. The largest absolute Gasteiger partial charge is 0.381 e. The van der Waals surface area contributed by atoms with E-state index in [4.69, 9.17) is 16.3 Å². The van der Waals surface area contributed by atoms with Crippen molar-refractivity contribution in [1.82, 2.24) is 9.88 Å². The zero-order valence-corrected chi connectivity index (χ0v) is 11.7. The number of morpholine rings is 1. The highest BCUT2D eigenvalue weighted by Gasteiger charge is 2.21. The molecule has 1 aromatic heterocycles. The molecule has 5 heteroatoms. The van der Waals surface area contributed by atoms with Gasteiger partial charge in [0.15, 0.2) is 0 Å². The number of anilines is 1. The van der Waals surface area contributed by atoms with E-state index < -0.39 is 0 Å². The molecule has 2 rings (SSSR count). The third kappa shape index (κ3) is 3.57. The Morgan fingerprint density at radius 1 is 1.39 bits per heavy atom. The van der Waals surface area contributed by atoms with Gasteiger partial charge in [0, 0.05) is 37.1 Å². The predicted octanol–water partition coefficient (Wildman–Crippen LogP) is 2.26. The Kier molecular flexibility index (Phi) is 4.80. The minimum Gasteiger partial charge on any atom is -0.381 e. The van der Waals surface area contributed by atoms with Crippen molar-refractivity contribution in [3.8, 4) is 0 Å². The fourth-order valence-corrected chi connectivity index (χ4v) is 2.35. The summed E-state index contributed by atoms with van der Waals surface area (Å²) in [6, 6.07) is 4.60. The summed E-state index contributed by atoms with van der Waals surface area (Å²) >= 11 is 5.88. The van der Waals surface area contributed by atoms with Crippen LogP contribution < -0.4 is 5.32 Å². The van der Waals surface area contributed by atoms with E-state index in [0.717, 1.165) is 32.0 Å². The van der Waals surface area contributed by atoms with E-state index in [0.29, 0.717) is 17.2 Å². The van der Waals surface area contributed by atoms with E-state index in [-0.39, 0.29) is 0 Å². The third-order valence-corrected chi connectivity index (χ3v) is 3.67. The van der Waals surface area contributed by atoms with E-state index in [1.807, 2.05) is 12.1 Å². The van der Waals surface area contributed by atoms with Gasteiger partial charge in [0.2, 0.25) is 0 Å². The summed E-state index contributed by atoms with van der Waals surface area (Å²) in [4.78, 5) is 6.43. The Morgan fingerprint density at radius 2 is 2.11 bits per heavy atom. The lowest BCUT2D eigenvalue weighted by Crippen LogP contribution is -2.48. The molecule has 18 heavy (non-hydrogen) atoms. The minimum atomic E-state index is 0.349. The van der Waals surface area contributed by atoms with Crippen LogP contribution in [-0.2, 0) is 4.74 Å². The molecule has 2 atom stereocenters. The van der Waals surface area contributed by atoms with Crippen molar-refractivity contribution in [2.45, 2.75) is 25.9 Å². The summed E-state index contributed by atoms with van der Waals surface area (Å²) in [5.74, 6) is 0. The average Bonchev–Trinajstić information content (AvgIpc) is 2.39. The number of ether oxygens (including phenoxy) is 1. The lowest BCUT2D eigenvalue weighted by Gasteiger charge is -2.36. The lowest BCUT2D eigenvalue weighted by atomic mass is 10.1. The van der Waals surface area contributed by atoms with Crippen LogP contribution in [0.3, 0.4) is 0 Å². The van der Waals surface area contributed by atoms with Crippen molar-refractivity contribution in [3.63, 3.8) is 0 Å². The number of nitrogens with zero attached hydrogens (tertiary/aromatic N) is 2. The molecule has 1 N–H and O–H groups in total. The maximum Gasteiger partial charge on any atom is 0.131 e. The van der Waals surface area contributed by atoms with Crippen molar-refractivity contribution < 1.29 is 4.74 Å². The zero-order chi connectivity index (χ0) is 13.0. The fraction of sp³-hybridized carbons (Fsp3) is 0.615. The second-order valence-electron chi connectivity index (χ2n) is 4.69. The summed E-state index contributed by atoms with van der Waals surface area (Å²) in [5, 5.41) is 3.99. The first-order valence-electron chi connectivity index (χ1n) is 6.36. The number of halogens is 1. The fourth-order valence-electron chi connectivity index (χ4n) is 2.18. The van der Waals surface area contributed by atoms with E-state index in [1.54, 1.807) is 6.20 Å². The smallest absolute Gasteiger partial charge is 0.131 e. The molecule has 4 nitrogen and oxygen atoms in total. The van der Waals surface area contributed by atoms with Gasteiger partial charge in [-0.1, -0.05) is 11.6 Å². The Hall–Kier alpha value is -0.840. The number of pyridine rings is 1. The van der Waals surface area contributed by atoms with Gasteiger partial charge in [-0.15, -0.1) is 0 Å². The Bertz CT molecular complexity index is 382. The lowest BCUT2D eigenvalue weighted by molar-refractivity contribution is 0.0176. The average molecular weight is 270 g/mol. The van der Waals surface area contributed by atoms with Gasteiger partial charge >= 0.3 is 0 Å². The second kappa shape index (κ2) is 6.36. The standard InChI is InChI=1S/C13H20ClN3O/c1-10(11(2)17-5-7-18-8-6-17)16-12-3-4-15-13(14)9-12/h3-4,9-11H,5-8H2,1-2H3,(H,15,16). The maximum absolute atomic E-state index is 5.88. The molecule has 0 radical (unpaired) electrons. The van der Waals surface area contributed by atoms with Crippen molar-refractivity contribution in [3.05, 3.63) is 23.5 Å². The molecule has 0 saturated carbocycles. The minimum absolute atomic E-state index is 0.349. The molecule has 2 unspecified atom stereocenters. The van der Waals surface area contributed by atoms with Crippen LogP contribution in [0.1, 0.15) is 13.8 Å². The zero-order valence-electron chi connectivity index (χ0n) is 10.9. The molecular weight excluding hydrogens is 250 g/mol. The predicted molar refractivity (Wildman–Crippen MR) is 74.2 cm³/mol. The number of rotatable bonds is 4. The number of hydrogen-bond donors (Lipinski definition) is 1. The Labute approximate surface area is 113 Å². The maximum atomic E-state index is 5.88. The van der Waals surface area contributed by atoms with Gasteiger partial charge < -0.3 is 10.1 Å². The van der Waals surface area contributed by atoms with Crippen molar-refractivity contribution >= 4 is 17.3 Å². The summed E-state index contributed by atoms with van der Waals surface area (Å²) in [5.41, 5.74) is 1.02. The third-order valence-electron chi connectivity index (χ3n) is 3.47. The van der Waals surface area contributed by atoms with Crippen LogP contribution in [0.5, 0.6) is 0 Å². The van der Waals surface area contributed by atoms with Crippen LogP contribution in [0.4, 0.5) is 5.69 Å². The molecule has 2 heterocycles. The Balaban J connectivity index is 1.92. The first-order valence-corrected chi connectivity index (χ1v) is 6.74. The van der Waals surface area contributed by atoms with Crippen LogP contribution in [0.25, 0.3) is 0 Å². The van der Waals surface area contributed by atoms with Gasteiger partial charge in [0.25, 0.3) is 0 Å². The van der Waals surface area contributed by atoms with Crippen LogP contribution in [0, 0.1) is 0 Å². The summed E-state index contributed by atoms with van der Waals surface area (Å²) in [7, 11) is 0. The molecule has 100 valence electrons. The van der Waals surface area contributed by atoms with Crippen LogP contribution in [0.2, 0.25) is 5.15 Å². The number of aromatic nitrogens is 1. The van der Waals surface area contributed by atoms with Crippen molar-refractivity contribution in [1.29, 1.82) is 0 Å². The van der Waals surface area contributed by atoms with Crippen molar-refractivity contribution in [2.24, 2.45) is 0 Å². The second-order valence-corrected chi connectivity index (χ2v) is 5.08. The van der Waals surface area contributed by atoms with E-state index in [9.17, 15) is 0 Å². The summed E-state index contributed by atoms with van der Waals surface area (Å²) in [6.45, 7) is 8.10. The number of hydrogen-bond acceptors (Lipinski definition) is 4. The van der Waals surface area contributed by atoms with Gasteiger partial charge in [0.05, 0.1) is 13.2 Å². The van der Waals surface area contributed by atoms with E-state index in [2.05, 4.69) is 29.0 Å². The molecular formula is C13H20ClN3O. The topological polar surface area (TPSA) is 37.4 Å². The quantitative estimate of drug-likeness (QED) is 0.851. The van der Waals surface area contributed by atoms with Gasteiger partial charge in [-0.3, -0.25) is 4.90 Å². The van der Waals surface area contributed by atoms with Gasteiger partial charge in [-0.05, 0) is 26.0 Å². The first-order chi connectivity index (χ1) is 8.66. The highest BCUT2D eigenvalue weighted by molar-refractivity contribution is 6.29. The molecule has 0 bridgehead atoms. The molecule has 0 amide bonds. The molecule has 1 saturated heterocycles. The molecule has 0 aromatic carbocycles. The molecule has 1 aromatic rings. The molecule has 0 spiro atoms. The van der Waals surface area contributed by atoms with Crippen molar-refractivity contribution in [2.75, 3.05) is 31.6 Å². The van der Waals surface area contributed by atoms with E-state index in [1.165, 1.54) is 0 Å². The normalized spacial score (nSPS) is 20.4. The first kappa shape index (κ1) is 13.6. The van der Waals surface area contributed by atoms with Gasteiger partial charge in [0.1, 0.15) is 5.15 Å². The van der Waals surface area contributed by atoms with Gasteiger partial charge in [-0.25, -0.2) is 4.98 Å². The summed E-state index contributed by atoms with van der Waals surface area (Å²) < 4.78 is 5.38. The van der Waals surface area contributed by atoms with E-state index >= 15 is 0 Å². The Morgan fingerprint density at radius 3 is 2.78 bits per heavy atom.